The molecule has 1 unspecified atom stereocenters. The summed E-state index contributed by atoms with van der Waals surface area (Å²) in [6.07, 6.45) is 1.55. The summed E-state index contributed by atoms with van der Waals surface area (Å²) in [6, 6.07) is 10.3. The van der Waals surface area contributed by atoms with Crippen LogP contribution in [0.3, 0.4) is 0 Å². The Morgan fingerprint density at radius 2 is 2.10 bits per heavy atom. The van der Waals surface area contributed by atoms with Crippen LogP contribution in [0.5, 0.6) is 0 Å². The number of nitrogens with one attached hydrogen (secondary N) is 2. The van der Waals surface area contributed by atoms with Crippen molar-refractivity contribution in [3.05, 3.63) is 58.5 Å². The van der Waals surface area contributed by atoms with Gasteiger partial charge in [0.2, 0.25) is 5.91 Å². The number of hydrogen-bond donors (Lipinski definition) is 2. The topological polar surface area (TPSA) is 71.3 Å². The Labute approximate surface area is 130 Å². The van der Waals surface area contributed by atoms with E-state index in [1.165, 1.54) is 0 Å². The van der Waals surface area contributed by atoms with E-state index in [0.29, 0.717) is 11.3 Å². The van der Waals surface area contributed by atoms with E-state index in [1.807, 2.05) is 13.0 Å². The van der Waals surface area contributed by atoms with Gasteiger partial charge in [-0.2, -0.15) is 0 Å². The molecule has 5 nitrogen and oxygen atoms in total. The van der Waals surface area contributed by atoms with Gasteiger partial charge in [0, 0.05) is 10.0 Å². The second kappa shape index (κ2) is 7.08. The Morgan fingerprint density at radius 3 is 2.76 bits per heavy atom. The average molecular weight is 351 g/mol. The van der Waals surface area contributed by atoms with Crippen LogP contribution in [-0.2, 0) is 4.79 Å². The Bertz CT molecular complexity index is 626. The first-order valence-corrected chi connectivity index (χ1v) is 7.22. The van der Waals surface area contributed by atoms with E-state index in [4.69, 9.17) is 4.42 Å². The van der Waals surface area contributed by atoms with Crippen LogP contribution in [0.15, 0.2) is 51.6 Å². The Hall–Kier alpha value is -2.08. The van der Waals surface area contributed by atoms with Crippen LogP contribution in [0.1, 0.15) is 29.1 Å². The van der Waals surface area contributed by atoms with Crippen molar-refractivity contribution in [3.8, 4) is 0 Å². The third-order valence-electron chi connectivity index (χ3n) is 2.84. The first-order chi connectivity index (χ1) is 10.1. The molecule has 0 fully saturated rings. The summed E-state index contributed by atoms with van der Waals surface area (Å²) in [5.74, 6) is 0.0982. The molecule has 0 spiro atoms. The molecule has 0 bridgehead atoms. The molecule has 1 heterocycles. The van der Waals surface area contributed by atoms with Crippen molar-refractivity contribution in [2.45, 2.75) is 13.0 Å². The molecule has 0 aliphatic rings. The zero-order valence-corrected chi connectivity index (χ0v) is 13.0. The standard InChI is InChI=1S/C15H15BrN2O3/c1-10(13-6-3-7-21-13)18-14(19)9-17-15(20)11-4-2-5-12(16)8-11/h2-8,10H,9H2,1H3,(H,17,20)(H,18,19). The highest BCUT2D eigenvalue weighted by molar-refractivity contribution is 9.10. The number of amides is 2. The van der Waals surface area contributed by atoms with Crippen molar-refractivity contribution in [2.75, 3.05) is 6.54 Å². The molecule has 0 aliphatic heterocycles. The molecule has 2 N–H and O–H groups in total. The SMILES string of the molecule is CC(NC(=O)CNC(=O)c1cccc(Br)c1)c1ccco1. The molecule has 1 aromatic heterocycles. The lowest BCUT2D eigenvalue weighted by Gasteiger charge is -2.12. The number of hydrogen-bond acceptors (Lipinski definition) is 3. The second-order valence-electron chi connectivity index (χ2n) is 4.50. The zero-order chi connectivity index (χ0) is 15.2. The minimum absolute atomic E-state index is 0.0869. The minimum Gasteiger partial charge on any atom is -0.467 e. The van der Waals surface area contributed by atoms with E-state index >= 15 is 0 Å². The van der Waals surface area contributed by atoms with Gasteiger partial charge in [-0.15, -0.1) is 0 Å². The molecule has 110 valence electrons. The lowest BCUT2D eigenvalue weighted by molar-refractivity contribution is -0.120. The van der Waals surface area contributed by atoms with Gasteiger partial charge < -0.3 is 15.1 Å². The van der Waals surface area contributed by atoms with Crippen molar-refractivity contribution in [2.24, 2.45) is 0 Å². The van der Waals surface area contributed by atoms with Crippen LogP contribution < -0.4 is 10.6 Å². The molecule has 2 aromatic rings. The first kappa shape index (κ1) is 15.3. The maximum Gasteiger partial charge on any atom is 0.251 e. The van der Waals surface area contributed by atoms with Gasteiger partial charge >= 0.3 is 0 Å². The molecular formula is C15H15BrN2O3. The molecule has 0 aliphatic carbocycles. The van der Waals surface area contributed by atoms with E-state index in [-0.39, 0.29) is 24.4 Å². The quantitative estimate of drug-likeness (QED) is 0.870. The van der Waals surface area contributed by atoms with Crippen molar-refractivity contribution in [1.29, 1.82) is 0 Å². The Balaban J connectivity index is 1.82. The predicted octanol–water partition coefficient (Wildman–Crippen LogP) is 2.65. The Morgan fingerprint density at radius 1 is 1.29 bits per heavy atom. The Kier molecular flexibility index (Phi) is 5.16. The van der Waals surface area contributed by atoms with E-state index in [1.54, 1.807) is 36.6 Å². The third-order valence-corrected chi connectivity index (χ3v) is 3.34. The van der Waals surface area contributed by atoms with Crippen LogP contribution in [0, 0.1) is 0 Å². The van der Waals surface area contributed by atoms with Crippen LogP contribution in [-0.4, -0.2) is 18.4 Å². The van der Waals surface area contributed by atoms with Crippen LogP contribution in [0.2, 0.25) is 0 Å². The normalized spacial score (nSPS) is 11.7. The molecule has 1 aromatic carbocycles. The summed E-state index contributed by atoms with van der Waals surface area (Å²) in [4.78, 5) is 23.7. The number of halogens is 1. The smallest absolute Gasteiger partial charge is 0.251 e. The molecule has 0 saturated heterocycles. The largest absolute Gasteiger partial charge is 0.467 e. The van der Waals surface area contributed by atoms with Crippen LogP contribution in [0.4, 0.5) is 0 Å². The second-order valence-corrected chi connectivity index (χ2v) is 5.41. The van der Waals surface area contributed by atoms with E-state index < -0.39 is 0 Å². The number of rotatable bonds is 5. The summed E-state index contributed by atoms with van der Waals surface area (Å²) >= 11 is 3.30. The number of furan rings is 1. The van der Waals surface area contributed by atoms with E-state index in [2.05, 4.69) is 26.6 Å². The fourth-order valence-electron chi connectivity index (χ4n) is 1.79. The first-order valence-electron chi connectivity index (χ1n) is 6.43. The monoisotopic (exact) mass is 350 g/mol. The summed E-state index contributed by atoms with van der Waals surface area (Å²) in [5.41, 5.74) is 0.497. The highest BCUT2D eigenvalue weighted by Crippen LogP contribution is 2.12. The van der Waals surface area contributed by atoms with Gasteiger partial charge in [-0.25, -0.2) is 0 Å². The van der Waals surface area contributed by atoms with Crippen molar-refractivity contribution < 1.29 is 14.0 Å². The van der Waals surface area contributed by atoms with Gasteiger partial charge in [-0.05, 0) is 37.3 Å². The highest BCUT2D eigenvalue weighted by Gasteiger charge is 2.13. The molecule has 6 heteroatoms. The molecular weight excluding hydrogens is 336 g/mol. The van der Waals surface area contributed by atoms with Gasteiger partial charge in [-0.1, -0.05) is 22.0 Å². The highest BCUT2D eigenvalue weighted by atomic mass is 79.9. The van der Waals surface area contributed by atoms with E-state index in [9.17, 15) is 9.59 Å². The third kappa shape index (κ3) is 4.46. The van der Waals surface area contributed by atoms with Crippen LogP contribution >= 0.6 is 15.9 Å². The fraction of sp³-hybridized carbons (Fsp3) is 0.200. The number of benzene rings is 1. The maximum absolute atomic E-state index is 11.9. The summed E-state index contributed by atoms with van der Waals surface area (Å²) in [7, 11) is 0. The molecule has 2 amide bonds. The lowest BCUT2D eigenvalue weighted by atomic mass is 10.2. The maximum atomic E-state index is 11.9. The molecule has 1 atom stereocenters. The lowest BCUT2D eigenvalue weighted by Crippen LogP contribution is -2.37. The van der Waals surface area contributed by atoms with Gasteiger partial charge in [0.15, 0.2) is 0 Å². The van der Waals surface area contributed by atoms with E-state index in [0.717, 1.165) is 4.47 Å². The van der Waals surface area contributed by atoms with Gasteiger partial charge in [-0.3, -0.25) is 9.59 Å². The number of carbonyl (C=O) groups excluding carboxylic acids is 2. The van der Waals surface area contributed by atoms with Gasteiger partial charge in [0.05, 0.1) is 18.8 Å². The molecule has 2 rings (SSSR count). The predicted molar refractivity (Wildman–Crippen MR) is 81.7 cm³/mol. The van der Waals surface area contributed by atoms with Crippen molar-refractivity contribution in [1.82, 2.24) is 10.6 Å². The average Bonchev–Trinajstić information content (AvgIpc) is 2.99. The fourth-order valence-corrected chi connectivity index (χ4v) is 2.19. The van der Waals surface area contributed by atoms with Crippen molar-refractivity contribution >= 4 is 27.7 Å². The zero-order valence-electron chi connectivity index (χ0n) is 11.4. The number of carbonyl (C=O) groups is 2. The van der Waals surface area contributed by atoms with Crippen LogP contribution in [0.25, 0.3) is 0 Å². The van der Waals surface area contributed by atoms with Gasteiger partial charge in [0.25, 0.3) is 5.91 Å². The molecule has 21 heavy (non-hydrogen) atoms. The summed E-state index contributed by atoms with van der Waals surface area (Å²) in [6.45, 7) is 1.73. The molecule has 0 saturated carbocycles. The summed E-state index contributed by atoms with van der Waals surface area (Å²) < 4.78 is 6.01. The molecule has 0 radical (unpaired) electrons. The van der Waals surface area contributed by atoms with Gasteiger partial charge in [0.1, 0.15) is 5.76 Å². The minimum atomic E-state index is -0.294. The summed E-state index contributed by atoms with van der Waals surface area (Å²) in [5, 5.41) is 5.32. The van der Waals surface area contributed by atoms with Crippen molar-refractivity contribution in [3.63, 3.8) is 0 Å².